The Labute approximate surface area is 66.9 Å². The van der Waals surface area contributed by atoms with Gasteiger partial charge in [0.25, 0.3) is 0 Å². The first kappa shape index (κ1) is 9.69. The molecule has 11 heavy (non-hydrogen) atoms. The van der Waals surface area contributed by atoms with E-state index in [1.165, 1.54) is 0 Å². The number of allylic oxidation sites excluding steroid dienone is 2. The molecule has 0 N–H and O–H groups in total. The van der Waals surface area contributed by atoms with Crippen molar-refractivity contribution in [3.8, 4) is 0 Å². The van der Waals surface area contributed by atoms with E-state index in [0.29, 0.717) is 0 Å². The van der Waals surface area contributed by atoms with E-state index in [0.717, 1.165) is 11.8 Å². The van der Waals surface area contributed by atoms with Gasteiger partial charge in [-0.1, -0.05) is 30.9 Å². The van der Waals surface area contributed by atoms with Gasteiger partial charge in [-0.25, -0.2) is 0 Å². The van der Waals surface area contributed by atoms with Crippen molar-refractivity contribution in [2.24, 2.45) is 0 Å². The molecule has 0 bridgehead atoms. The number of hydrogen-bond donors (Lipinski definition) is 0. The van der Waals surface area contributed by atoms with Crippen molar-refractivity contribution < 1.29 is 9.53 Å². The van der Waals surface area contributed by atoms with Gasteiger partial charge in [0.2, 0.25) is 0 Å². The minimum atomic E-state index is -0.304. The van der Waals surface area contributed by atoms with E-state index in [4.69, 9.17) is 0 Å². The minimum absolute atomic E-state index is 0.268. The van der Waals surface area contributed by atoms with Gasteiger partial charge < -0.3 is 4.74 Å². The summed E-state index contributed by atoms with van der Waals surface area (Å²) in [4.78, 5) is 10.7. The lowest BCUT2D eigenvalue weighted by atomic mass is 10.2. The van der Waals surface area contributed by atoms with Crippen molar-refractivity contribution in [1.82, 2.24) is 0 Å². The Morgan fingerprint density at radius 2 is 2.18 bits per heavy atom. The summed E-state index contributed by atoms with van der Waals surface area (Å²) in [6.07, 6.45) is 4.82. The van der Waals surface area contributed by atoms with Gasteiger partial charge in [-0.2, -0.15) is 0 Å². The fourth-order valence-electron chi connectivity index (χ4n) is 0.469. The fourth-order valence-corrected chi connectivity index (χ4v) is 0.469. The lowest BCUT2D eigenvalue weighted by molar-refractivity contribution is -0.136. The molecule has 0 spiro atoms. The summed E-state index contributed by atoms with van der Waals surface area (Å²) in [5.41, 5.74) is 0.964. The van der Waals surface area contributed by atoms with Gasteiger partial charge in [0.05, 0.1) is 12.7 Å². The van der Waals surface area contributed by atoms with Gasteiger partial charge in [-0.15, -0.1) is 0 Å². The second-order valence-electron chi connectivity index (χ2n) is 2.01. The van der Waals surface area contributed by atoms with Gasteiger partial charge in [-0.3, -0.25) is 4.79 Å². The molecule has 0 fully saturated rings. The summed E-state index contributed by atoms with van der Waals surface area (Å²) in [6, 6.07) is 0. The molecule has 0 atom stereocenters. The van der Waals surface area contributed by atoms with Crippen LogP contribution < -0.4 is 0 Å². The lowest BCUT2D eigenvalue weighted by Crippen LogP contribution is -1.96. The molecular weight excluding hydrogens is 140 g/mol. The molecule has 0 aromatic carbocycles. The van der Waals surface area contributed by atoms with Crippen LogP contribution >= 0.6 is 0 Å². The van der Waals surface area contributed by atoms with Gasteiger partial charge in [0.15, 0.2) is 0 Å². The van der Waals surface area contributed by atoms with Crippen LogP contribution in [0.3, 0.4) is 0 Å². The zero-order chi connectivity index (χ0) is 8.69. The molecule has 0 unspecified atom stereocenters. The molecule has 60 valence electrons. The second kappa shape index (κ2) is 5.47. The zero-order valence-electron chi connectivity index (χ0n) is 6.67. The van der Waals surface area contributed by atoms with Crippen LogP contribution in [-0.4, -0.2) is 5.97 Å². The third-order valence-corrected chi connectivity index (χ3v) is 1.13. The van der Waals surface area contributed by atoms with Crippen LogP contribution in [-0.2, 0) is 9.53 Å². The number of hydrogen-bond acceptors (Lipinski definition) is 2. The quantitative estimate of drug-likeness (QED) is 0.350. The van der Waals surface area contributed by atoms with E-state index in [-0.39, 0.29) is 12.4 Å². The smallest absolute Gasteiger partial charge is 0.314 e. The molecule has 0 aliphatic rings. The maximum atomic E-state index is 10.7. The predicted octanol–water partition coefficient (Wildman–Crippen LogP) is 2.20. The van der Waals surface area contributed by atoms with Crippen molar-refractivity contribution in [2.45, 2.75) is 13.3 Å². The van der Waals surface area contributed by atoms with Crippen LogP contribution in [0.25, 0.3) is 0 Å². The third-order valence-electron chi connectivity index (χ3n) is 1.13. The van der Waals surface area contributed by atoms with E-state index in [1.54, 1.807) is 12.2 Å². The highest BCUT2D eigenvalue weighted by Gasteiger charge is 1.95. The Kier molecular flexibility index (Phi) is 4.82. The van der Waals surface area contributed by atoms with E-state index in [2.05, 4.69) is 17.9 Å². The highest BCUT2D eigenvalue weighted by atomic mass is 16.5. The van der Waals surface area contributed by atoms with Crippen LogP contribution in [0.2, 0.25) is 0 Å². The van der Waals surface area contributed by atoms with Gasteiger partial charge >= 0.3 is 5.97 Å². The van der Waals surface area contributed by atoms with Crippen LogP contribution in [0.15, 0.2) is 37.1 Å². The highest BCUT2D eigenvalue weighted by Crippen LogP contribution is 1.97. The van der Waals surface area contributed by atoms with Crippen molar-refractivity contribution in [3.63, 3.8) is 0 Å². The molecule has 0 amide bonds. The first-order valence-corrected chi connectivity index (χ1v) is 3.30. The zero-order valence-corrected chi connectivity index (χ0v) is 6.67. The monoisotopic (exact) mass is 152 g/mol. The van der Waals surface area contributed by atoms with E-state index in [1.807, 2.05) is 6.92 Å². The van der Waals surface area contributed by atoms with Crippen molar-refractivity contribution in [1.29, 1.82) is 0 Å². The van der Waals surface area contributed by atoms with Crippen molar-refractivity contribution in [3.05, 3.63) is 37.1 Å². The number of ether oxygens (including phenoxy) is 1. The highest BCUT2D eigenvalue weighted by molar-refractivity contribution is 5.71. The first-order valence-electron chi connectivity index (χ1n) is 3.30. The average Bonchev–Trinajstić information content (AvgIpc) is 2.01. The molecule has 0 aromatic rings. The molecule has 2 nitrogen and oxygen atoms in total. The first-order chi connectivity index (χ1) is 5.20. The number of rotatable bonds is 4. The Bertz CT molecular complexity index is 190. The summed E-state index contributed by atoms with van der Waals surface area (Å²) >= 11 is 0. The predicted molar refractivity (Wildman–Crippen MR) is 44.9 cm³/mol. The minimum Gasteiger partial charge on any atom is -0.435 e. The van der Waals surface area contributed by atoms with E-state index < -0.39 is 0 Å². The summed E-state index contributed by atoms with van der Waals surface area (Å²) in [7, 11) is 0. The summed E-state index contributed by atoms with van der Waals surface area (Å²) in [5.74, 6) is -0.304. The molecule has 0 saturated carbocycles. The molecule has 0 aliphatic heterocycles. The largest absolute Gasteiger partial charge is 0.435 e. The number of carbonyl (C=O) groups is 1. The van der Waals surface area contributed by atoms with Gasteiger partial charge in [-0.05, 0) is 6.92 Å². The topological polar surface area (TPSA) is 26.3 Å². The van der Waals surface area contributed by atoms with E-state index >= 15 is 0 Å². The van der Waals surface area contributed by atoms with E-state index in [9.17, 15) is 4.79 Å². The molecule has 2 heteroatoms. The van der Waals surface area contributed by atoms with Gasteiger partial charge in [0, 0.05) is 0 Å². The number of esters is 1. The van der Waals surface area contributed by atoms with Crippen LogP contribution in [0, 0.1) is 0 Å². The molecule has 0 radical (unpaired) electrons. The Morgan fingerprint density at radius 3 is 2.64 bits per heavy atom. The summed E-state index contributed by atoms with van der Waals surface area (Å²) in [5, 5.41) is 0. The molecular formula is C9H12O2. The van der Waals surface area contributed by atoms with Crippen LogP contribution in [0.4, 0.5) is 0 Å². The maximum absolute atomic E-state index is 10.7. The van der Waals surface area contributed by atoms with Crippen molar-refractivity contribution in [2.75, 3.05) is 0 Å². The third kappa shape index (κ3) is 5.15. The Hall–Kier alpha value is -1.31. The molecule has 0 aromatic heterocycles. The van der Waals surface area contributed by atoms with Gasteiger partial charge in [0.1, 0.15) is 0 Å². The molecule has 0 rings (SSSR count). The molecule has 0 saturated heterocycles. The second-order valence-corrected chi connectivity index (χ2v) is 2.01. The Balaban J connectivity index is 3.77. The molecule has 0 aliphatic carbocycles. The average molecular weight is 152 g/mol. The normalized spacial score (nSPS) is 10.5. The standard InChI is InChI=1S/C9H12O2/c1-4-8(3)6-7-9(10)11-5-2/h4-6H,1-2,7H2,3H3. The number of carbonyl (C=O) groups excluding carboxylic acids is 1. The van der Waals surface area contributed by atoms with Crippen LogP contribution in [0.1, 0.15) is 13.3 Å². The van der Waals surface area contributed by atoms with Crippen LogP contribution in [0.5, 0.6) is 0 Å². The van der Waals surface area contributed by atoms with Crippen molar-refractivity contribution >= 4 is 5.97 Å². The fraction of sp³-hybridized carbons (Fsp3) is 0.222. The maximum Gasteiger partial charge on any atom is 0.314 e. The Morgan fingerprint density at radius 1 is 1.55 bits per heavy atom. The SMILES string of the molecule is C=COC(=O)CC=C(C)C=C. The summed E-state index contributed by atoms with van der Waals surface area (Å²) < 4.78 is 4.48. The summed E-state index contributed by atoms with van der Waals surface area (Å²) in [6.45, 7) is 8.68. The molecule has 0 heterocycles. The lowest BCUT2D eigenvalue weighted by Gasteiger charge is -1.93.